The van der Waals surface area contributed by atoms with Gasteiger partial charge in [-0.05, 0) is 63.6 Å². The molecule has 2 heterocycles. The Morgan fingerprint density at radius 1 is 1.26 bits per heavy atom. The molecule has 0 aromatic carbocycles. The third-order valence-electron chi connectivity index (χ3n) is 5.05. The average Bonchev–Trinajstić information content (AvgIpc) is 2.65. The molecule has 27 heavy (non-hydrogen) atoms. The van der Waals surface area contributed by atoms with E-state index in [1.165, 1.54) is 12.5 Å². The molecule has 0 unspecified atom stereocenters. The van der Waals surface area contributed by atoms with Gasteiger partial charge in [-0.15, -0.1) is 0 Å². The molecule has 5 nitrogen and oxygen atoms in total. The number of fused-ring (bicyclic) bond motifs is 1. The highest BCUT2D eigenvalue weighted by Crippen LogP contribution is 2.20. The number of hydrogen-bond donors (Lipinski definition) is 2. The first-order valence-electron chi connectivity index (χ1n) is 9.95. The van der Waals surface area contributed by atoms with Gasteiger partial charge in [0.1, 0.15) is 11.6 Å². The van der Waals surface area contributed by atoms with Gasteiger partial charge in [0.05, 0.1) is 6.04 Å². The molecule has 0 radical (unpaired) electrons. The van der Waals surface area contributed by atoms with E-state index in [2.05, 4.69) is 17.4 Å². The second kappa shape index (κ2) is 11.3. The number of ketones is 1. The van der Waals surface area contributed by atoms with Crippen molar-refractivity contribution in [2.45, 2.75) is 64.3 Å². The van der Waals surface area contributed by atoms with Crippen molar-refractivity contribution in [3.05, 3.63) is 23.4 Å². The average molecular weight is 382 g/mol. The third kappa shape index (κ3) is 7.89. The summed E-state index contributed by atoms with van der Waals surface area (Å²) in [5.74, 6) is 0.950. The van der Waals surface area contributed by atoms with Gasteiger partial charge in [0.25, 0.3) is 0 Å². The van der Waals surface area contributed by atoms with Crippen molar-refractivity contribution in [1.82, 2.24) is 9.88 Å². The molecule has 1 aromatic heterocycles. The minimum absolute atomic E-state index is 0.0593. The quantitative estimate of drug-likeness (QED) is 0.544. The van der Waals surface area contributed by atoms with Gasteiger partial charge in [0, 0.05) is 31.7 Å². The Morgan fingerprint density at radius 3 is 2.78 bits per heavy atom. The Labute approximate surface area is 160 Å². The largest absolute Gasteiger partial charge is 0.370 e. The molecule has 0 aliphatic carbocycles. The molecule has 1 atom stereocenters. The van der Waals surface area contributed by atoms with Crippen LogP contribution in [0, 0.1) is 0 Å². The van der Waals surface area contributed by atoms with Crippen LogP contribution in [0.15, 0.2) is 12.1 Å². The lowest BCUT2D eigenvalue weighted by atomic mass is 10.1. The van der Waals surface area contributed by atoms with Crippen molar-refractivity contribution in [2.24, 2.45) is 5.73 Å². The Kier molecular flexibility index (Phi) is 9.07. The van der Waals surface area contributed by atoms with Crippen molar-refractivity contribution in [2.75, 3.05) is 31.5 Å². The first-order chi connectivity index (χ1) is 13.0. The fraction of sp³-hybridized carbons (Fsp3) is 0.700. The van der Waals surface area contributed by atoms with E-state index >= 15 is 0 Å². The highest BCUT2D eigenvalue weighted by atomic mass is 19.3. The number of carbonyl (C=O) groups excluding carboxylic acids is 1. The van der Waals surface area contributed by atoms with E-state index in [0.29, 0.717) is 19.5 Å². The summed E-state index contributed by atoms with van der Waals surface area (Å²) in [7, 11) is 0. The maximum Gasteiger partial charge on any atom is 0.239 e. The number of nitrogens with two attached hydrogens (primary N) is 1. The summed E-state index contributed by atoms with van der Waals surface area (Å²) in [5.41, 5.74) is 8.12. The molecule has 0 spiro atoms. The molecule has 3 N–H and O–H groups in total. The van der Waals surface area contributed by atoms with Crippen LogP contribution in [-0.2, 0) is 17.6 Å². The molecule has 0 fully saturated rings. The van der Waals surface area contributed by atoms with Crippen molar-refractivity contribution < 1.29 is 13.6 Å². The maximum absolute atomic E-state index is 12.6. The second-order valence-electron chi connectivity index (χ2n) is 7.32. The van der Waals surface area contributed by atoms with Gasteiger partial charge in [-0.25, -0.2) is 13.8 Å². The third-order valence-corrected chi connectivity index (χ3v) is 5.05. The zero-order valence-corrected chi connectivity index (χ0v) is 16.2. The molecule has 1 aliphatic heterocycles. The number of nitrogens with zero attached hydrogens (tertiary/aromatic N) is 2. The van der Waals surface area contributed by atoms with Gasteiger partial charge < -0.3 is 16.0 Å². The minimum Gasteiger partial charge on any atom is -0.370 e. The topological polar surface area (TPSA) is 71.2 Å². The van der Waals surface area contributed by atoms with E-state index in [4.69, 9.17) is 10.7 Å². The summed E-state index contributed by atoms with van der Waals surface area (Å²) >= 11 is 0. The van der Waals surface area contributed by atoms with Gasteiger partial charge >= 0.3 is 0 Å². The molecule has 7 heteroatoms. The minimum atomic E-state index is -2.30. The standard InChI is InChI=1S/C20H32F2N4O/c1-15(27)18(23)9-13-26(14-10-19(21)22)12-3-2-6-17-8-7-16-5-4-11-24-20(16)25-17/h7-8,18-19H,2-6,9-14,23H2,1H3,(H,24,25)/t18-/m0/s1. The monoisotopic (exact) mass is 382 g/mol. The Morgan fingerprint density at radius 2 is 2.04 bits per heavy atom. The highest BCUT2D eigenvalue weighted by Gasteiger charge is 2.14. The van der Waals surface area contributed by atoms with Gasteiger partial charge in [-0.2, -0.15) is 0 Å². The number of hydrogen-bond acceptors (Lipinski definition) is 5. The Hall–Kier alpha value is -1.60. The van der Waals surface area contributed by atoms with Crippen molar-refractivity contribution in [1.29, 1.82) is 0 Å². The van der Waals surface area contributed by atoms with Crippen LogP contribution in [0.5, 0.6) is 0 Å². The van der Waals surface area contributed by atoms with Gasteiger partial charge in [-0.3, -0.25) is 4.79 Å². The van der Waals surface area contributed by atoms with Crippen LogP contribution in [0.25, 0.3) is 0 Å². The molecular formula is C20H32F2N4O. The van der Waals surface area contributed by atoms with Crippen LogP contribution in [0.2, 0.25) is 0 Å². The first kappa shape index (κ1) is 21.7. The molecule has 1 aromatic rings. The summed E-state index contributed by atoms with van der Waals surface area (Å²) in [6, 6.07) is 3.74. The number of rotatable bonds is 12. The maximum atomic E-state index is 12.6. The van der Waals surface area contributed by atoms with Crippen LogP contribution >= 0.6 is 0 Å². The van der Waals surface area contributed by atoms with Crippen LogP contribution in [-0.4, -0.2) is 54.3 Å². The predicted octanol–water partition coefficient (Wildman–Crippen LogP) is 3.03. The molecule has 0 amide bonds. The normalized spacial score (nSPS) is 14.9. The fourth-order valence-electron chi connectivity index (χ4n) is 3.29. The predicted molar refractivity (Wildman–Crippen MR) is 104 cm³/mol. The number of Topliss-reactive ketones (excluding diaryl/α,β-unsaturated/α-hetero) is 1. The SMILES string of the molecule is CC(=O)[C@@H](N)CCN(CCCCc1ccc2c(n1)NCCC2)CCC(F)F. The highest BCUT2D eigenvalue weighted by molar-refractivity contribution is 5.81. The van der Waals surface area contributed by atoms with Gasteiger partial charge in [0.15, 0.2) is 0 Å². The Bertz CT molecular complexity index is 597. The number of nitrogens with one attached hydrogen (secondary N) is 1. The number of halogens is 2. The second-order valence-corrected chi connectivity index (χ2v) is 7.32. The van der Waals surface area contributed by atoms with Crippen LogP contribution in [0.1, 0.15) is 50.3 Å². The number of pyridine rings is 1. The molecule has 2 rings (SSSR count). The van der Waals surface area contributed by atoms with Crippen molar-refractivity contribution in [3.8, 4) is 0 Å². The molecule has 1 aliphatic rings. The summed E-state index contributed by atoms with van der Waals surface area (Å²) in [5, 5.41) is 3.35. The molecule has 152 valence electrons. The zero-order valence-electron chi connectivity index (χ0n) is 16.2. The van der Waals surface area contributed by atoms with E-state index in [-0.39, 0.29) is 12.2 Å². The lowest BCUT2D eigenvalue weighted by molar-refractivity contribution is -0.118. The lowest BCUT2D eigenvalue weighted by Crippen LogP contribution is -2.35. The van der Waals surface area contributed by atoms with Crippen LogP contribution < -0.4 is 11.1 Å². The Balaban J connectivity index is 1.75. The summed E-state index contributed by atoms with van der Waals surface area (Å²) in [6.45, 7) is 4.10. The number of aromatic nitrogens is 1. The summed E-state index contributed by atoms with van der Waals surface area (Å²) in [6.07, 6.45) is 3.03. The summed E-state index contributed by atoms with van der Waals surface area (Å²) < 4.78 is 25.1. The smallest absolute Gasteiger partial charge is 0.239 e. The van der Waals surface area contributed by atoms with Crippen LogP contribution in [0.3, 0.4) is 0 Å². The fourth-order valence-corrected chi connectivity index (χ4v) is 3.29. The lowest BCUT2D eigenvalue weighted by Gasteiger charge is -2.23. The molecule has 0 bridgehead atoms. The number of carbonyl (C=O) groups is 1. The molecular weight excluding hydrogens is 350 g/mol. The van der Waals surface area contributed by atoms with E-state index in [9.17, 15) is 13.6 Å². The van der Waals surface area contributed by atoms with Gasteiger partial charge in [-0.1, -0.05) is 6.07 Å². The summed E-state index contributed by atoms with van der Waals surface area (Å²) in [4.78, 5) is 18.0. The van der Waals surface area contributed by atoms with Gasteiger partial charge in [0.2, 0.25) is 6.43 Å². The number of aryl methyl sites for hydroxylation is 2. The van der Waals surface area contributed by atoms with Crippen molar-refractivity contribution >= 4 is 11.6 Å². The van der Waals surface area contributed by atoms with E-state index in [1.807, 2.05) is 4.90 Å². The van der Waals surface area contributed by atoms with E-state index in [0.717, 1.165) is 56.7 Å². The van der Waals surface area contributed by atoms with E-state index in [1.54, 1.807) is 0 Å². The molecule has 0 saturated carbocycles. The van der Waals surface area contributed by atoms with E-state index < -0.39 is 12.5 Å². The van der Waals surface area contributed by atoms with Crippen molar-refractivity contribution in [3.63, 3.8) is 0 Å². The van der Waals surface area contributed by atoms with Crippen LogP contribution in [0.4, 0.5) is 14.6 Å². The number of unbranched alkanes of at least 4 members (excludes halogenated alkanes) is 1. The number of anilines is 1. The zero-order chi connectivity index (χ0) is 19.6. The number of alkyl halides is 2. The molecule has 0 saturated heterocycles. The first-order valence-corrected chi connectivity index (χ1v) is 9.95.